The number of aryl methyl sites for hydroxylation is 2. The van der Waals surface area contributed by atoms with Gasteiger partial charge in [0.2, 0.25) is 10.0 Å². The molecule has 7 heteroatoms. The monoisotopic (exact) mass is 318 g/mol. The van der Waals surface area contributed by atoms with Crippen molar-refractivity contribution >= 4 is 26.5 Å². The summed E-state index contributed by atoms with van der Waals surface area (Å²) in [6.07, 6.45) is 0. The van der Waals surface area contributed by atoms with Gasteiger partial charge in [-0.1, -0.05) is 13.0 Å². The molecule has 1 rings (SSSR count). The predicted molar refractivity (Wildman–Crippen MR) is 83.8 cm³/mol. The SMILES string of the molecule is CCS(=O)CCNS(=O)(=O)c1c(C)cc(C)c(N)c1C. The maximum atomic E-state index is 12.3. The van der Waals surface area contributed by atoms with E-state index in [0.717, 1.165) is 5.56 Å². The number of hydrogen-bond acceptors (Lipinski definition) is 4. The van der Waals surface area contributed by atoms with E-state index in [2.05, 4.69) is 4.72 Å². The van der Waals surface area contributed by atoms with Crippen LogP contribution < -0.4 is 10.5 Å². The molecule has 0 radical (unpaired) electrons. The Morgan fingerprint density at radius 1 is 1.25 bits per heavy atom. The molecule has 114 valence electrons. The van der Waals surface area contributed by atoms with Crippen molar-refractivity contribution in [2.75, 3.05) is 23.8 Å². The first-order chi connectivity index (χ1) is 9.20. The minimum absolute atomic E-state index is 0.162. The van der Waals surface area contributed by atoms with Gasteiger partial charge in [0.05, 0.1) is 4.90 Å². The first-order valence-electron chi connectivity index (χ1n) is 6.41. The summed E-state index contributed by atoms with van der Waals surface area (Å²) in [4.78, 5) is 0.225. The summed E-state index contributed by atoms with van der Waals surface area (Å²) in [7, 11) is -4.62. The van der Waals surface area contributed by atoms with E-state index in [-0.39, 0.29) is 11.4 Å². The minimum atomic E-state index is -3.63. The molecule has 0 aliphatic heterocycles. The highest BCUT2D eigenvalue weighted by molar-refractivity contribution is 7.89. The van der Waals surface area contributed by atoms with Gasteiger partial charge in [-0.05, 0) is 37.5 Å². The zero-order valence-electron chi connectivity index (χ0n) is 12.3. The average molecular weight is 318 g/mol. The average Bonchev–Trinajstić information content (AvgIpc) is 2.35. The molecule has 0 bridgehead atoms. The summed E-state index contributed by atoms with van der Waals surface area (Å²) in [6, 6.07) is 1.76. The van der Waals surface area contributed by atoms with Gasteiger partial charge >= 0.3 is 0 Å². The highest BCUT2D eigenvalue weighted by Gasteiger charge is 2.21. The van der Waals surface area contributed by atoms with Gasteiger partial charge in [-0.3, -0.25) is 4.21 Å². The molecule has 1 unspecified atom stereocenters. The smallest absolute Gasteiger partial charge is 0.241 e. The van der Waals surface area contributed by atoms with Crippen LogP contribution in [0.25, 0.3) is 0 Å². The molecule has 1 aromatic carbocycles. The standard InChI is InChI=1S/C13H22N2O3S2/c1-5-19(16)7-6-15-20(17,18)13-10(3)8-9(2)12(14)11(13)4/h8,15H,5-7,14H2,1-4H3. The first kappa shape index (κ1) is 17.1. The number of nitrogens with one attached hydrogen (secondary N) is 1. The van der Waals surface area contributed by atoms with Gasteiger partial charge in [-0.2, -0.15) is 0 Å². The Labute approximate surface area is 123 Å². The van der Waals surface area contributed by atoms with Crippen LogP contribution in [-0.4, -0.2) is 30.7 Å². The molecule has 1 atom stereocenters. The van der Waals surface area contributed by atoms with Crippen molar-refractivity contribution in [2.45, 2.75) is 32.6 Å². The van der Waals surface area contributed by atoms with Crippen LogP contribution in [0.1, 0.15) is 23.6 Å². The van der Waals surface area contributed by atoms with Gasteiger partial charge in [-0.15, -0.1) is 0 Å². The van der Waals surface area contributed by atoms with Gasteiger partial charge < -0.3 is 5.73 Å². The fourth-order valence-electron chi connectivity index (χ4n) is 2.10. The van der Waals surface area contributed by atoms with E-state index in [1.165, 1.54) is 0 Å². The molecule has 0 saturated heterocycles. The number of nitrogens with two attached hydrogens (primary N) is 1. The van der Waals surface area contributed by atoms with Gasteiger partial charge in [0.25, 0.3) is 0 Å². The molecular weight excluding hydrogens is 296 g/mol. The molecule has 0 heterocycles. The van der Waals surface area contributed by atoms with Crippen molar-refractivity contribution < 1.29 is 12.6 Å². The van der Waals surface area contributed by atoms with Crippen molar-refractivity contribution in [1.29, 1.82) is 0 Å². The van der Waals surface area contributed by atoms with Crippen LogP contribution in [0.2, 0.25) is 0 Å². The predicted octanol–water partition coefficient (Wildman–Crippen LogP) is 1.24. The van der Waals surface area contributed by atoms with E-state index in [4.69, 9.17) is 5.73 Å². The van der Waals surface area contributed by atoms with Crippen LogP contribution >= 0.6 is 0 Å². The Kier molecular flexibility index (Phi) is 5.73. The number of anilines is 1. The highest BCUT2D eigenvalue weighted by atomic mass is 32.2. The number of rotatable bonds is 6. The number of hydrogen-bond donors (Lipinski definition) is 2. The molecule has 1 aromatic rings. The summed E-state index contributed by atoms with van der Waals surface area (Å²) in [5, 5.41) is 0. The Morgan fingerprint density at radius 2 is 1.85 bits per heavy atom. The van der Waals surface area contributed by atoms with E-state index in [0.29, 0.717) is 28.3 Å². The quantitative estimate of drug-likeness (QED) is 0.772. The van der Waals surface area contributed by atoms with E-state index >= 15 is 0 Å². The van der Waals surface area contributed by atoms with Crippen molar-refractivity contribution in [2.24, 2.45) is 0 Å². The number of nitrogen functional groups attached to an aromatic ring is 1. The van der Waals surface area contributed by atoms with Gasteiger partial charge in [0.15, 0.2) is 0 Å². The van der Waals surface area contributed by atoms with Crippen LogP contribution in [0.15, 0.2) is 11.0 Å². The number of benzene rings is 1. The summed E-state index contributed by atoms with van der Waals surface area (Å²) < 4.78 is 38.5. The lowest BCUT2D eigenvalue weighted by Crippen LogP contribution is -2.29. The second-order valence-corrected chi connectivity index (χ2v) is 8.28. The fourth-order valence-corrected chi connectivity index (χ4v) is 4.36. The molecule has 3 N–H and O–H groups in total. The maximum Gasteiger partial charge on any atom is 0.241 e. The Bertz CT molecular complexity index is 625. The van der Waals surface area contributed by atoms with Crippen LogP contribution in [0.4, 0.5) is 5.69 Å². The molecule has 0 aliphatic carbocycles. The molecule has 0 aromatic heterocycles. The molecule has 0 saturated carbocycles. The summed E-state index contributed by atoms with van der Waals surface area (Å²) >= 11 is 0. The first-order valence-corrected chi connectivity index (χ1v) is 9.38. The van der Waals surface area contributed by atoms with Crippen LogP contribution in [0.3, 0.4) is 0 Å². The molecule has 0 fully saturated rings. The zero-order valence-corrected chi connectivity index (χ0v) is 14.0. The molecule has 20 heavy (non-hydrogen) atoms. The minimum Gasteiger partial charge on any atom is -0.398 e. The summed E-state index contributed by atoms with van der Waals surface area (Å²) in [6.45, 7) is 7.27. The topological polar surface area (TPSA) is 89.3 Å². The van der Waals surface area contributed by atoms with Gasteiger partial charge in [0.1, 0.15) is 0 Å². The Balaban J connectivity index is 3.05. The van der Waals surface area contributed by atoms with Gasteiger partial charge in [0, 0.05) is 34.5 Å². The van der Waals surface area contributed by atoms with E-state index in [1.807, 2.05) is 6.92 Å². The zero-order chi connectivity index (χ0) is 15.5. The Hall–Kier alpha value is -0.920. The maximum absolute atomic E-state index is 12.3. The third kappa shape index (κ3) is 3.80. The largest absolute Gasteiger partial charge is 0.398 e. The normalized spacial score (nSPS) is 13.4. The van der Waals surface area contributed by atoms with Crippen molar-refractivity contribution in [3.05, 3.63) is 22.8 Å². The van der Waals surface area contributed by atoms with E-state index in [1.54, 1.807) is 26.8 Å². The van der Waals surface area contributed by atoms with Gasteiger partial charge in [-0.25, -0.2) is 13.1 Å². The van der Waals surface area contributed by atoms with Crippen molar-refractivity contribution in [3.63, 3.8) is 0 Å². The fraction of sp³-hybridized carbons (Fsp3) is 0.538. The third-order valence-corrected chi connectivity index (χ3v) is 6.23. The third-order valence-electron chi connectivity index (χ3n) is 3.17. The molecule has 0 aliphatic rings. The highest BCUT2D eigenvalue weighted by Crippen LogP contribution is 2.27. The molecule has 0 spiro atoms. The van der Waals surface area contributed by atoms with E-state index in [9.17, 15) is 12.6 Å². The van der Waals surface area contributed by atoms with Crippen LogP contribution in [0.5, 0.6) is 0 Å². The van der Waals surface area contributed by atoms with E-state index < -0.39 is 20.8 Å². The van der Waals surface area contributed by atoms with Crippen LogP contribution in [-0.2, 0) is 20.8 Å². The van der Waals surface area contributed by atoms with Crippen LogP contribution in [0, 0.1) is 20.8 Å². The lowest BCUT2D eigenvalue weighted by atomic mass is 10.1. The second kappa shape index (κ2) is 6.69. The lowest BCUT2D eigenvalue weighted by molar-refractivity contribution is 0.582. The van der Waals surface area contributed by atoms with Crippen molar-refractivity contribution in [1.82, 2.24) is 4.72 Å². The van der Waals surface area contributed by atoms with Crippen molar-refractivity contribution in [3.8, 4) is 0 Å². The Morgan fingerprint density at radius 3 is 2.40 bits per heavy atom. The molecule has 0 amide bonds. The number of sulfonamides is 1. The summed E-state index contributed by atoms with van der Waals surface area (Å²) in [5.41, 5.74) is 8.49. The molecule has 5 nitrogen and oxygen atoms in total. The molecular formula is C13H22N2O3S2. The second-order valence-electron chi connectivity index (χ2n) is 4.71. The summed E-state index contributed by atoms with van der Waals surface area (Å²) in [5.74, 6) is 0.840. The lowest BCUT2D eigenvalue weighted by Gasteiger charge is -2.15.